The van der Waals surface area contributed by atoms with Crippen molar-refractivity contribution in [1.29, 1.82) is 0 Å². The lowest BCUT2D eigenvalue weighted by molar-refractivity contribution is -0.240. The Kier molecular flexibility index (Phi) is 8.09. The monoisotopic (exact) mass is 880 g/mol. The third-order valence-corrected chi connectivity index (χ3v) is 17.8. The van der Waals surface area contributed by atoms with Crippen LogP contribution < -0.4 is 0 Å². The van der Waals surface area contributed by atoms with Gasteiger partial charge in [0.05, 0.1) is 52.1 Å². The fourth-order valence-corrected chi connectivity index (χ4v) is 16.5. The molecule has 12 rings (SSSR count). The third-order valence-electron chi connectivity index (χ3n) is 17.8. The first-order chi connectivity index (χ1) is 27.7. The van der Waals surface area contributed by atoms with Gasteiger partial charge in [-0.15, -0.1) is 0 Å². The van der Waals surface area contributed by atoms with E-state index in [1.165, 1.54) is 13.8 Å². The minimum atomic E-state index is -2.24. The molecule has 6 N–H and O–H groups in total. The Balaban J connectivity index is 0.000000153. The van der Waals surface area contributed by atoms with Crippen molar-refractivity contribution in [1.82, 2.24) is 0 Å². The second-order valence-electron chi connectivity index (χ2n) is 21.4. The zero-order valence-electron chi connectivity index (χ0n) is 33.9. The molecular formula is C42H56O20. The molecule has 20 nitrogen and oxygen atoms in total. The predicted octanol–water partition coefficient (Wildman–Crippen LogP) is -1.47. The van der Waals surface area contributed by atoms with Gasteiger partial charge in [-0.1, -0.05) is 56.4 Å². The van der Waals surface area contributed by atoms with Crippen LogP contribution in [0, 0.1) is 56.2 Å². The normalized spacial score (nSPS) is 58.2. The molecule has 0 aromatic heterocycles. The molecule has 12 fully saturated rings. The van der Waals surface area contributed by atoms with Gasteiger partial charge in [0.15, 0.2) is 23.4 Å². The van der Waals surface area contributed by atoms with Crippen LogP contribution in [-0.4, -0.2) is 150 Å². The first-order valence-electron chi connectivity index (χ1n) is 20.4. The van der Waals surface area contributed by atoms with Gasteiger partial charge in [-0.05, 0) is 24.7 Å². The highest BCUT2D eigenvalue weighted by atomic mass is 16.8. The maximum Gasteiger partial charge on any atom is 0.343 e. The van der Waals surface area contributed by atoms with E-state index in [1.807, 2.05) is 41.5 Å². The van der Waals surface area contributed by atoms with Crippen LogP contribution in [0.5, 0.6) is 0 Å². The van der Waals surface area contributed by atoms with Crippen molar-refractivity contribution in [2.45, 2.75) is 167 Å². The first kappa shape index (κ1) is 43.7. The van der Waals surface area contributed by atoms with E-state index in [2.05, 4.69) is 0 Å². The van der Waals surface area contributed by atoms with E-state index >= 15 is 0 Å². The highest BCUT2D eigenvalue weighted by Crippen LogP contribution is 2.86. The van der Waals surface area contributed by atoms with Gasteiger partial charge < -0.3 is 68.5 Å². The Morgan fingerprint density at radius 1 is 0.597 bits per heavy atom. The fourth-order valence-electron chi connectivity index (χ4n) is 16.5. The molecule has 344 valence electrons. The molecule has 20 heteroatoms. The molecule has 0 bridgehead atoms. The van der Waals surface area contributed by atoms with Crippen LogP contribution in [0.1, 0.15) is 83.1 Å². The van der Waals surface area contributed by atoms with Gasteiger partial charge >= 0.3 is 35.8 Å². The summed E-state index contributed by atoms with van der Waals surface area (Å²) in [6.45, 7) is 14.0. The van der Waals surface area contributed by atoms with Crippen LogP contribution in [-0.2, 0) is 66.7 Å². The topological polar surface area (TPSA) is 298 Å². The maximum absolute atomic E-state index is 13.4. The minimum absolute atomic E-state index is 0. The fraction of sp³-hybridized carbons (Fsp3) is 0.857. The molecule has 8 heterocycles. The van der Waals surface area contributed by atoms with E-state index in [0.29, 0.717) is 0 Å². The van der Waals surface area contributed by atoms with Gasteiger partial charge in [0.25, 0.3) is 0 Å². The lowest BCUT2D eigenvalue weighted by Gasteiger charge is -2.46. The number of aliphatic hydroxyl groups excluding tert-OH is 4. The first-order valence-corrected chi connectivity index (χ1v) is 20.4. The summed E-state index contributed by atoms with van der Waals surface area (Å²) in [5, 5.41) is 69.3. The number of rotatable bonds is 0. The molecule has 62 heavy (non-hydrogen) atoms. The Morgan fingerprint density at radius 2 is 1.13 bits per heavy atom. The van der Waals surface area contributed by atoms with Crippen molar-refractivity contribution in [2.24, 2.45) is 56.2 Å². The summed E-state index contributed by atoms with van der Waals surface area (Å²) in [6, 6.07) is 0. The van der Waals surface area contributed by atoms with E-state index in [9.17, 15) is 59.4 Å². The number of fused-ring (bicyclic) bond motifs is 2. The number of aliphatic hydroxyl groups is 6. The lowest BCUT2D eigenvalue weighted by atomic mass is 9.51. The van der Waals surface area contributed by atoms with E-state index in [0.717, 1.165) is 0 Å². The summed E-state index contributed by atoms with van der Waals surface area (Å²) in [6.07, 6.45) is -13.8. The number of carbonyl (C=O) groups excluding carboxylic acids is 6. The van der Waals surface area contributed by atoms with Crippen molar-refractivity contribution in [3.63, 3.8) is 0 Å². The van der Waals surface area contributed by atoms with Crippen molar-refractivity contribution in [3.8, 4) is 0 Å². The number of hydrogen-bond donors (Lipinski definition) is 6. The molecule has 8 saturated heterocycles. The van der Waals surface area contributed by atoms with Gasteiger partial charge in [-0.3, -0.25) is 14.4 Å². The van der Waals surface area contributed by atoms with Crippen molar-refractivity contribution < 1.29 is 97.3 Å². The van der Waals surface area contributed by atoms with Crippen molar-refractivity contribution in [3.05, 3.63) is 0 Å². The molecule has 22 atom stereocenters. The van der Waals surface area contributed by atoms with Crippen LogP contribution in [0.4, 0.5) is 0 Å². The van der Waals surface area contributed by atoms with Gasteiger partial charge in [0.2, 0.25) is 23.8 Å². The molecule has 8 unspecified atom stereocenters. The van der Waals surface area contributed by atoms with E-state index in [-0.39, 0.29) is 27.7 Å². The summed E-state index contributed by atoms with van der Waals surface area (Å²) in [5.41, 5.74) is -16.1. The second-order valence-corrected chi connectivity index (χ2v) is 21.4. The highest BCUT2D eigenvalue weighted by molar-refractivity contribution is 5.95. The average Bonchev–Trinajstić information content (AvgIpc) is 4.02. The molecule has 0 amide bonds. The van der Waals surface area contributed by atoms with E-state index < -0.39 is 176 Å². The molecule has 0 radical (unpaired) electrons. The van der Waals surface area contributed by atoms with Crippen LogP contribution in [0.25, 0.3) is 0 Å². The Hall–Kier alpha value is -3.50. The summed E-state index contributed by atoms with van der Waals surface area (Å²) < 4.78 is 45.1. The Morgan fingerprint density at radius 3 is 1.74 bits per heavy atom. The van der Waals surface area contributed by atoms with Crippen LogP contribution in [0.2, 0.25) is 0 Å². The Bertz CT molecular complexity index is 2150. The van der Waals surface area contributed by atoms with E-state index in [1.54, 1.807) is 0 Å². The lowest BCUT2D eigenvalue weighted by Crippen LogP contribution is -2.66. The minimum Gasteiger partial charge on any atom is -0.459 e. The van der Waals surface area contributed by atoms with Gasteiger partial charge in [-0.2, -0.15) is 0 Å². The summed E-state index contributed by atoms with van der Waals surface area (Å²) in [7, 11) is 0. The zero-order chi connectivity index (χ0) is 43.6. The molecule has 0 aromatic rings. The number of carbonyl (C=O) groups is 6. The standard InChI is InChI=1S/2C20H24O10.2CH4/c1-6-13(24)28-12-10(23)18-11-8(22)9(16(2,3)4)17(18)5-7(21)27-15(17)30-20(18,14(25)29-11)19(6,12)26;1-6-12(23)27-7-5-17-11-8(21)9(16(2,3)4)18(17)10(22)13(24)29-15(18)30-20(17,14(25)28-11)19(6,7)26;;/h6,8-12,15,22-23,26H,5H2,1-4H3;6-11,15,21-22,26H,5H2,1-4H3;2*1H4/t6-,8-,9+,10+,11?,12?,15+,17?,18?,19-,20-;6-,7?,8-,9+,10+,11?,15+,17?,18?,19-,20-;;/m11../s1. The molecule has 4 spiro atoms. The Labute approximate surface area is 355 Å². The molecule has 4 aliphatic carbocycles. The molecule has 0 aromatic carbocycles. The number of esters is 6. The summed E-state index contributed by atoms with van der Waals surface area (Å²) in [4.78, 5) is 76.4. The van der Waals surface area contributed by atoms with Gasteiger partial charge in [0, 0.05) is 18.3 Å². The largest absolute Gasteiger partial charge is 0.459 e. The quantitative estimate of drug-likeness (QED) is 0.120. The SMILES string of the molecule is C.C.C[C@@H]1C(=O)OC2CC34C5OC(=O)[C@]3(O[C@@H]3OC(=O)[C@H](O)C34[C@H](C(C)(C)C)[C@H]5O)[C@]21O.C[C@@H]1C(=O)OC2[C@H](O)C34C5OC(=O)[C@]3(O[C@@H]3OC(=O)CC34[C@H](C(C)(C)C)[C@H]5O)[C@]21O. The number of hydrogen-bond acceptors (Lipinski definition) is 20. The molecule has 12 aliphatic rings. The summed E-state index contributed by atoms with van der Waals surface area (Å²) >= 11 is 0. The predicted molar refractivity (Wildman–Crippen MR) is 197 cm³/mol. The third kappa shape index (κ3) is 3.52. The number of ether oxygens (including phenoxy) is 8. The zero-order valence-corrected chi connectivity index (χ0v) is 33.9. The van der Waals surface area contributed by atoms with Gasteiger partial charge in [-0.25, -0.2) is 14.4 Å². The summed E-state index contributed by atoms with van der Waals surface area (Å²) in [5.74, 6) is -8.67. The van der Waals surface area contributed by atoms with Crippen LogP contribution in [0.3, 0.4) is 0 Å². The van der Waals surface area contributed by atoms with Crippen molar-refractivity contribution >= 4 is 35.8 Å². The van der Waals surface area contributed by atoms with Gasteiger partial charge in [0.1, 0.15) is 24.4 Å². The molecule has 8 aliphatic heterocycles. The maximum atomic E-state index is 13.4. The smallest absolute Gasteiger partial charge is 0.343 e. The molecular weight excluding hydrogens is 824 g/mol. The highest BCUT2D eigenvalue weighted by Gasteiger charge is 3.05. The van der Waals surface area contributed by atoms with E-state index in [4.69, 9.17) is 37.9 Å². The average molecular weight is 881 g/mol. The van der Waals surface area contributed by atoms with Crippen LogP contribution in [0.15, 0.2) is 0 Å². The van der Waals surface area contributed by atoms with Crippen LogP contribution >= 0.6 is 0 Å². The second kappa shape index (κ2) is 11.5. The molecule has 4 saturated carbocycles. The van der Waals surface area contributed by atoms with Crippen molar-refractivity contribution in [2.75, 3.05) is 0 Å².